The number of carbonyl (C=O) groups is 2. The molecular weight excluding hydrogens is 275 g/mol. The maximum Gasteiger partial charge on any atom is 0.359 e. The summed E-state index contributed by atoms with van der Waals surface area (Å²) in [5.74, 6) is -0.927. The number of nitrogens with zero attached hydrogens (tertiary/aromatic N) is 2. The van der Waals surface area contributed by atoms with Crippen LogP contribution in [0.2, 0.25) is 0 Å². The zero-order valence-corrected chi connectivity index (χ0v) is 11.6. The summed E-state index contributed by atoms with van der Waals surface area (Å²) in [6.45, 7) is 2.09. The highest BCUT2D eigenvalue weighted by Gasteiger charge is 2.18. The molecular formula is C15H15FN2O3. The van der Waals surface area contributed by atoms with E-state index in [0.717, 1.165) is 0 Å². The van der Waals surface area contributed by atoms with Gasteiger partial charge in [-0.25, -0.2) is 9.18 Å². The number of aldehydes is 1. The molecule has 0 saturated carbocycles. The van der Waals surface area contributed by atoms with Gasteiger partial charge >= 0.3 is 5.97 Å². The second-order valence-corrected chi connectivity index (χ2v) is 4.38. The molecule has 0 fully saturated rings. The van der Waals surface area contributed by atoms with Crippen molar-refractivity contribution in [3.05, 3.63) is 53.1 Å². The first kappa shape index (κ1) is 14.9. The summed E-state index contributed by atoms with van der Waals surface area (Å²) in [6, 6.07) is 6.32. The Morgan fingerprint density at radius 1 is 1.38 bits per heavy atom. The predicted octanol–water partition coefficient (Wildman–Crippen LogP) is 1.99. The molecule has 0 amide bonds. The lowest BCUT2D eigenvalue weighted by Crippen LogP contribution is -2.09. The van der Waals surface area contributed by atoms with Crippen LogP contribution in [-0.2, 0) is 22.5 Å². The summed E-state index contributed by atoms with van der Waals surface area (Å²) >= 11 is 0. The normalized spacial score (nSPS) is 10.4. The number of hydrogen-bond donors (Lipinski definition) is 0. The van der Waals surface area contributed by atoms with E-state index in [1.54, 1.807) is 31.3 Å². The molecule has 0 unspecified atom stereocenters. The lowest BCUT2D eigenvalue weighted by molar-refractivity contribution is -0.107. The highest BCUT2D eigenvalue weighted by atomic mass is 19.1. The third-order valence-electron chi connectivity index (χ3n) is 2.90. The number of rotatable bonds is 6. The third-order valence-corrected chi connectivity index (χ3v) is 2.90. The van der Waals surface area contributed by atoms with Crippen molar-refractivity contribution in [1.82, 2.24) is 9.78 Å². The van der Waals surface area contributed by atoms with E-state index in [0.29, 0.717) is 17.4 Å². The molecule has 0 aliphatic carbocycles. The van der Waals surface area contributed by atoms with Crippen LogP contribution in [0, 0.1) is 5.82 Å². The Morgan fingerprint density at radius 3 is 2.81 bits per heavy atom. The molecule has 2 aromatic rings. The Morgan fingerprint density at radius 2 is 2.14 bits per heavy atom. The van der Waals surface area contributed by atoms with Crippen LogP contribution >= 0.6 is 0 Å². The average Bonchev–Trinajstić information content (AvgIpc) is 2.85. The molecule has 0 atom stereocenters. The zero-order chi connectivity index (χ0) is 15.2. The van der Waals surface area contributed by atoms with Gasteiger partial charge in [0, 0.05) is 23.7 Å². The van der Waals surface area contributed by atoms with Crippen LogP contribution in [0.3, 0.4) is 0 Å². The zero-order valence-electron chi connectivity index (χ0n) is 11.6. The van der Waals surface area contributed by atoms with Crippen molar-refractivity contribution in [1.29, 1.82) is 0 Å². The molecule has 1 aromatic heterocycles. The van der Waals surface area contributed by atoms with E-state index in [4.69, 9.17) is 4.74 Å². The standard InChI is InChI=1S/C15H15FN2O3/c1-2-21-15(20)14-12(7-8-19)10-18(17-14)9-11-5-3-4-6-13(11)16/h3-6,8,10H,2,7,9H2,1H3. The van der Waals surface area contributed by atoms with Gasteiger partial charge in [-0.15, -0.1) is 0 Å². The topological polar surface area (TPSA) is 61.2 Å². The van der Waals surface area contributed by atoms with Gasteiger partial charge in [0.2, 0.25) is 0 Å². The molecule has 21 heavy (non-hydrogen) atoms. The summed E-state index contributed by atoms with van der Waals surface area (Å²) in [7, 11) is 0. The number of aromatic nitrogens is 2. The van der Waals surface area contributed by atoms with E-state index in [1.165, 1.54) is 10.7 Å². The van der Waals surface area contributed by atoms with Gasteiger partial charge in [0.1, 0.15) is 12.1 Å². The number of carbonyl (C=O) groups excluding carboxylic acids is 2. The summed E-state index contributed by atoms with van der Waals surface area (Å²) in [6.07, 6.45) is 2.31. The number of esters is 1. The van der Waals surface area contributed by atoms with Crippen molar-refractivity contribution in [2.75, 3.05) is 6.61 Å². The Labute approximate surface area is 121 Å². The van der Waals surface area contributed by atoms with Gasteiger partial charge in [0.25, 0.3) is 0 Å². The monoisotopic (exact) mass is 290 g/mol. The first-order valence-electron chi connectivity index (χ1n) is 6.56. The van der Waals surface area contributed by atoms with E-state index in [9.17, 15) is 14.0 Å². The van der Waals surface area contributed by atoms with E-state index < -0.39 is 5.97 Å². The van der Waals surface area contributed by atoms with Crippen molar-refractivity contribution in [3.63, 3.8) is 0 Å². The number of benzene rings is 1. The molecule has 0 N–H and O–H groups in total. The molecule has 1 heterocycles. The number of hydrogen-bond acceptors (Lipinski definition) is 4. The van der Waals surface area contributed by atoms with Gasteiger partial charge in [-0.1, -0.05) is 18.2 Å². The maximum atomic E-state index is 13.6. The van der Waals surface area contributed by atoms with Crippen molar-refractivity contribution in [2.24, 2.45) is 0 Å². The smallest absolute Gasteiger partial charge is 0.359 e. The molecule has 1 aromatic carbocycles. The van der Waals surface area contributed by atoms with Crippen molar-refractivity contribution in [3.8, 4) is 0 Å². The minimum absolute atomic E-state index is 0.0609. The Hall–Kier alpha value is -2.50. The first-order chi connectivity index (χ1) is 10.2. The van der Waals surface area contributed by atoms with E-state index in [1.807, 2.05) is 0 Å². The molecule has 0 radical (unpaired) electrons. The van der Waals surface area contributed by atoms with Crippen molar-refractivity contribution in [2.45, 2.75) is 19.9 Å². The fraction of sp³-hybridized carbons (Fsp3) is 0.267. The predicted molar refractivity (Wildman–Crippen MR) is 73.5 cm³/mol. The minimum atomic E-state index is -0.582. The molecule has 0 bridgehead atoms. The van der Waals surface area contributed by atoms with Gasteiger partial charge in [-0.05, 0) is 13.0 Å². The Balaban J connectivity index is 2.28. The molecule has 110 valence electrons. The molecule has 0 aliphatic rings. The third kappa shape index (κ3) is 3.53. The molecule has 5 nitrogen and oxygen atoms in total. The van der Waals surface area contributed by atoms with Gasteiger partial charge in [-0.3, -0.25) is 4.68 Å². The lowest BCUT2D eigenvalue weighted by atomic mass is 10.2. The van der Waals surface area contributed by atoms with Crippen LogP contribution in [0.5, 0.6) is 0 Å². The van der Waals surface area contributed by atoms with E-state index >= 15 is 0 Å². The summed E-state index contributed by atoms with van der Waals surface area (Å²) in [5, 5.41) is 4.10. The maximum absolute atomic E-state index is 13.6. The Bertz CT molecular complexity index is 652. The lowest BCUT2D eigenvalue weighted by Gasteiger charge is -2.03. The summed E-state index contributed by atoms with van der Waals surface area (Å²) in [5.41, 5.74) is 1.02. The van der Waals surface area contributed by atoms with Crippen molar-refractivity contribution >= 4 is 12.3 Å². The van der Waals surface area contributed by atoms with Crippen LogP contribution in [0.25, 0.3) is 0 Å². The fourth-order valence-corrected chi connectivity index (χ4v) is 1.96. The molecule has 0 aliphatic heterocycles. The van der Waals surface area contributed by atoms with E-state index in [-0.39, 0.29) is 31.1 Å². The van der Waals surface area contributed by atoms with Gasteiger partial charge in [0.15, 0.2) is 5.69 Å². The SMILES string of the molecule is CCOC(=O)c1nn(Cc2ccccc2F)cc1CC=O. The van der Waals surface area contributed by atoms with Crippen LogP contribution in [-0.4, -0.2) is 28.6 Å². The summed E-state index contributed by atoms with van der Waals surface area (Å²) < 4.78 is 20.0. The number of halogens is 1. The van der Waals surface area contributed by atoms with Crippen LogP contribution in [0.1, 0.15) is 28.5 Å². The van der Waals surface area contributed by atoms with Crippen LogP contribution in [0.4, 0.5) is 4.39 Å². The van der Waals surface area contributed by atoms with Gasteiger partial charge < -0.3 is 9.53 Å². The van der Waals surface area contributed by atoms with Gasteiger partial charge in [-0.2, -0.15) is 5.10 Å². The van der Waals surface area contributed by atoms with Crippen LogP contribution in [0.15, 0.2) is 30.5 Å². The Kier molecular flexibility index (Phi) is 4.81. The summed E-state index contributed by atoms with van der Waals surface area (Å²) in [4.78, 5) is 22.5. The van der Waals surface area contributed by atoms with Crippen molar-refractivity contribution < 1.29 is 18.7 Å². The highest BCUT2D eigenvalue weighted by Crippen LogP contribution is 2.13. The molecule has 2 rings (SSSR count). The average molecular weight is 290 g/mol. The quantitative estimate of drug-likeness (QED) is 0.603. The van der Waals surface area contributed by atoms with Crippen LogP contribution < -0.4 is 0 Å². The number of ether oxygens (including phenoxy) is 1. The first-order valence-corrected chi connectivity index (χ1v) is 6.56. The molecule has 0 saturated heterocycles. The largest absolute Gasteiger partial charge is 0.461 e. The van der Waals surface area contributed by atoms with Gasteiger partial charge in [0.05, 0.1) is 13.2 Å². The fourth-order valence-electron chi connectivity index (χ4n) is 1.96. The molecule has 6 heteroatoms. The second-order valence-electron chi connectivity index (χ2n) is 4.38. The minimum Gasteiger partial charge on any atom is -0.461 e. The van der Waals surface area contributed by atoms with E-state index in [2.05, 4.69) is 5.10 Å². The molecule has 0 spiro atoms. The second kappa shape index (κ2) is 6.78. The highest BCUT2D eigenvalue weighted by molar-refractivity contribution is 5.89.